The van der Waals surface area contributed by atoms with Crippen LogP contribution in [-0.2, 0) is 13.6 Å². The highest BCUT2D eigenvalue weighted by Gasteiger charge is 2.22. The van der Waals surface area contributed by atoms with E-state index < -0.39 is 0 Å². The minimum Gasteiger partial charge on any atom is -0.325 e. The number of likely N-dealkylation sites (tertiary alicyclic amines) is 1. The number of nitrogens with one attached hydrogen (secondary N) is 1. The normalized spacial score (nSPS) is 18.0. The fraction of sp³-hybridized carbons (Fsp3) is 0.350. The van der Waals surface area contributed by atoms with Crippen molar-refractivity contribution in [2.24, 2.45) is 7.05 Å². The van der Waals surface area contributed by atoms with E-state index in [-0.39, 0.29) is 0 Å². The Morgan fingerprint density at radius 2 is 2.08 bits per heavy atom. The zero-order valence-corrected chi connectivity index (χ0v) is 15.0. The highest BCUT2D eigenvalue weighted by Crippen LogP contribution is 2.29. The van der Waals surface area contributed by atoms with Crippen molar-refractivity contribution in [3.8, 4) is 0 Å². The fourth-order valence-electron chi connectivity index (χ4n) is 3.62. The maximum absolute atomic E-state index is 4.44. The van der Waals surface area contributed by atoms with Crippen LogP contribution in [0.3, 0.4) is 0 Å². The topological polar surface area (TPSA) is 58.9 Å². The molecular formula is C20H24N6. The molecule has 1 saturated heterocycles. The van der Waals surface area contributed by atoms with Gasteiger partial charge in [0.2, 0.25) is 0 Å². The van der Waals surface area contributed by atoms with Gasteiger partial charge in [-0.25, -0.2) is 9.97 Å². The van der Waals surface area contributed by atoms with Crippen molar-refractivity contribution in [2.75, 3.05) is 18.4 Å². The van der Waals surface area contributed by atoms with Gasteiger partial charge in [-0.1, -0.05) is 6.07 Å². The summed E-state index contributed by atoms with van der Waals surface area (Å²) in [5.74, 6) is 2.21. The maximum Gasteiger partial charge on any atom is 0.131 e. The van der Waals surface area contributed by atoms with Crippen LogP contribution in [0.2, 0.25) is 0 Å². The summed E-state index contributed by atoms with van der Waals surface area (Å²) >= 11 is 0. The Hall–Kier alpha value is -2.73. The van der Waals surface area contributed by atoms with E-state index in [9.17, 15) is 0 Å². The number of piperidine rings is 1. The Morgan fingerprint density at radius 1 is 1.15 bits per heavy atom. The third kappa shape index (κ3) is 4.08. The number of nitrogens with zero attached hydrogens (tertiary/aromatic N) is 5. The molecule has 4 heterocycles. The van der Waals surface area contributed by atoms with Gasteiger partial charge in [0, 0.05) is 44.3 Å². The van der Waals surface area contributed by atoms with E-state index in [2.05, 4.69) is 43.6 Å². The molecule has 0 spiro atoms. The zero-order chi connectivity index (χ0) is 17.8. The molecule has 26 heavy (non-hydrogen) atoms. The summed E-state index contributed by atoms with van der Waals surface area (Å²) in [6, 6.07) is 10.1. The molecule has 3 aromatic heterocycles. The Labute approximate surface area is 153 Å². The molecule has 1 aliphatic rings. The van der Waals surface area contributed by atoms with E-state index in [4.69, 9.17) is 0 Å². The predicted molar refractivity (Wildman–Crippen MR) is 102 cm³/mol. The van der Waals surface area contributed by atoms with Crippen LogP contribution in [0.5, 0.6) is 0 Å². The van der Waals surface area contributed by atoms with E-state index in [1.165, 1.54) is 24.0 Å². The second kappa shape index (κ2) is 7.66. The number of pyridine rings is 2. The van der Waals surface area contributed by atoms with Gasteiger partial charge in [-0.2, -0.15) is 5.10 Å². The molecule has 6 nitrogen and oxygen atoms in total. The van der Waals surface area contributed by atoms with Crippen LogP contribution in [0, 0.1) is 0 Å². The quantitative estimate of drug-likeness (QED) is 0.766. The van der Waals surface area contributed by atoms with E-state index >= 15 is 0 Å². The minimum absolute atomic E-state index is 0.535. The van der Waals surface area contributed by atoms with Crippen molar-refractivity contribution in [2.45, 2.75) is 25.3 Å². The first-order chi connectivity index (χ1) is 12.8. The van der Waals surface area contributed by atoms with Crippen molar-refractivity contribution in [1.29, 1.82) is 0 Å². The average molecular weight is 348 g/mol. The summed E-state index contributed by atoms with van der Waals surface area (Å²) in [6.45, 7) is 3.19. The molecule has 0 aromatic carbocycles. The summed E-state index contributed by atoms with van der Waals surface area (Å²) in [5, 5.41) is 7.57. The second-order valence-corrected chi connectivity index (χ2v) is 6.91. The van der Waals surface area contributed by atoms with Gasteiger partial charge in [0.15, 0.2) is 0 Å². The maximum atomic E-state index is 4.44. The number of rotatable bonds is 5. The molecule has 1 atom stereocenters. The molecule has 0 saturated carbocycles. The summed E-state index contributed by atoms with van der Waals surface area (Å²) in [5.41, 5.74) is 2.62. The van der Waals surface area contributed by atoms with Crippen LogP contribution >= 0.6 is 0 Å². The van der Waals surface area contributed by atoms with Gasteiger partial charge in [-0.05, 0) is 55.1 Å². The van der Waals surface area contributed by atoms with Gasteiger partial charge in [0.25, 0.3) is 0 Å². The van der Waals surface area contributed by atoms with Crippen molar-refractivity contribution >= 4 is 11.6 Å². The summed E-state index contributed by atoms with van der Waals surface area (Å²) < 4.78 is 1.87. The number of aryl methyl sites for hydroxylation is 1. The zero-order valence-electron chi connectivity index (χ0n) is 15.0. The standard InChI is InChI=1S/C20H24N6/c1-25-13-16(12-23-25)14-26-10-4-5-18(15-26)17-7-9-22-20(11-17)24-19-6-2-3-8-21-19/h2-3,6-9,11-13,18H,4-5,10,14-15H2,1H3,(H,21,22,24)/t18-/m0/s1. The van der Waals surface area contributed by atoms with Crippen LogP contribution in [0.15, 0.2) is 55.1 Å². The van der Waals surface area contributed by atoms with Crippen molar-refractivity contribution in [3.05, 3.63) is 66.2 Å². The molecule has 4 rings (SSSR count). The molecule has 0 aliphatic carbocycles. The lowest BCUT2D eigenvalue weighted by Gasteiger charge is -2.32. The summed E-state index contributed by atoms with van der Waals surface area (Å²) in [7, 11) is 1.97. The number of hydrogen-bond donors (Lipinski definition) is 1. The van der Waals surface area contributed by atoms with Gasteiger partial charge in [-0.15, -0.1) is 0 Å². The smallest absolute Gasteiger partial charge is 0.131 e. The van der Waals surface area contributed by atoms with Crippen LogP contribution in [0.4, 0.5) is 11.6 Å². The van der Waals surface area contributed by atoms with Crippen molar-refractivity contribution in [3.63, 3.8) is 0 Å². The Kier molecular flexibility index (Phi) is 4.93. The first kappa shape index (κ1) is 16.7. The second-order valence-electron chi connectivity index (χ2n) is 6.91. The highest BCUT2D eigenvalue weighted by molar-refractivity contribution is 5.52. The van der Waals surface area contributed by atoms with Gasteiger partial charge < -0.3 is 5.32 Å². The SMILES string of the molecule is Cn1cc(CN2CCC[C@H](c3ccnc(Nc4ccccn4)c3)C2)cn1. The lowest BCUT2D eigenvalue weighted by Crippen LogP contribution is -2.33. The van der Waals surface area contributed by atoms with Crippen molar-refractivity contribution < 1.29 is 0 Å². The molecule has 1 N–H and O–H groups in total. The third-order valence-corrected chi connectivity index (χ3v) is 4.85. The van der Waals surface area contributed by atoms with Crippen LogP contribution in [0.25, 0.3) is 0 Å². The largest absolute Gasteiger partial charge is 0.325 e. The molecule has 6 heteroatoms. The van der Waals surface area contributed by atoms with Crippen LogP contribution in [0.1, 0.15) is 29.9 Å². The first-order valence-electron chi connectivity index (χ1n) is 9.10. The Balaban J connectivity index is 1.44. The minimum atomic E-state index is 0.535. The number of aromatic nitrogens is 4. The molecule has 134 valence electrons. The molecule has 1 fully saturated rings. The Morgan fingerprint density at radius 3 is 2.88 bits per heavy atom. The monoisotopic (exact) mass is 348 g/mol. The van der Waals surface area contributed by atoms with E-state index in [0.717, 1.165) is 31.3 Å². The van der Waals surface area contributed by atoms with Gasteiger partial charge >= 0.3 is 0 Å². The van der Waals surface area contributed by atoms with E-state index in [0.29, 0.717) is 5.92 Å². The average Bonchev–Trinajstić information content (AvgIpc) is 3.08. The van der Waals surface area contributed by atoms with E-state index in [1.54, 1.807) is 6.20 Å². The van der Waals surface area contributed by atoms with Crippen molar-refractivity contribution in [1.82, 2.24) is 24.6 Å². The van der Waals surface area contributed by atoms with E-state index in [1.807, 2.05) is 42.3 Å². The van der Waals surface area contributed by atoms with Crippen LogP contribution in [-0.4, -0.2) is 37.7 Å². The third-order valence-electron chi connectivity index (χ3n) is 4.85. The first-order valence-corrected chi connectivity index (χ1v) is 9.10. The lowest BCUT2D eigenvalue weighted by molar-refractivity contribution is 0.200. The lowest BCUT2D eigenvalue weighted by atomic mass is 9.91. The summed E-state index contributed by atoms with van der Waals surface area (Å²) in [4.78, 5) is 11.3. The number of anilines is 2. The van der Waals surface area contributed by atoms with Gasteiger partial charge in [0.05, 0.1) is 6.20 Å². The molecule has 0 bridgehead atoms. The predicted octanol–water partition coefficient (Wildman–Crippen LogP) is 3.33. The molecule has 0 radical (unpaired) electrons. The fourth-order valence-corrected chi connectivity index (χ4v) is 3.62. The number of hydrogen-bond acceptors (Lipinski definition) is 5. The molecular weight excluding hydrogens is 324 g/mol. The van der Waals surface area contributed by atoms with Crippen LogP contribution < -0.4 is 5.32 Å². The molecule has 0 amide bonds. The molecule has 3 aromatic rings. The summed E-state index contributed by atoms with van der Waals surface area (Å²) in [6.07, 6.45) is 10.2. The van der Waals surface area contributed by atoms with Gasteiger partial charge in [-0.3, -0.25) is 9.58 Å². The molecule has 0 unspecified atom stereocenters. The highest BCUT2D eigenvalue weighted by atomic mass is 15.2. The molecule has 1 aliphatic heterocycles. The van der Waals surface area contributed by atoms with Gasteiger partial charge in [0.1, 0.15) is 11.6 Å². The Bertz CT molecular complexity index is 844.